The fourth-order valence-electron chi connectivity index (χ4n) is 1.48. The molecule has 2 aromatic rings. The first-order valence-electron chi connectivity index (χ1n) is 5.19. The van der Waals surface area contributed by atoms with E-state index in [1.807, 2.05) is 6.07 Å². The first-order chi connectivity index (χ1) is 8.56. The van der Waals surface area contributed by atoms with Crippen molar-refractivity contribution in [1.29, 1.82) is 0 Å². The van der Waals surface area contributed by atoms with E-state index in [1.165, 1.54) is 9.13 Å². The Kier molecular flexibility index (Phi) is 5.53. The van der Waals surface area contributed by atoms with Crippen molar-refractivity contribution in [3.63, 3.8) is 0 Å². The van der Waals surface area contributed by atoms with Crippen molar-refractivity contribution in [2.45, 2.75) is 6.54 Å². The molecule has 18 heavy (non-hydrogen) atoms. The van der Waals surface area contributed by atoms with Crippen LogP contribution in [0.2, 0.25) is 0 Å². The molecule has 1 nitrogen and oxygen atoms in total. The summed E-state index contributed by atoms with van der Waals surface area (Å²) in [7, 11) is 0. The van der Waals surface area contributed by atoms with Gasteiger partial charge in [0.05, 0.1) is 0 Å². The molecule has 0 fully saturated rings. The normalized spacial score (nSPS) is 10.4. The number of hydrogen-bond donors (Lipinski definition) is 1. The second-order valence-electron chi connectivity index (χ2n) is 3.73. The average Bonchev–Trinajstić information content (AvgIpc) is 2.34. The molecule has 0 amide bonds. The molecule has 5 heteroatoms. The van der Waals surface area contributed by atoms with E-state index in [9.17, 15) is 0 Å². The summed E-state index contributed by atoms with van der Waals surface area (Å²) in [6.07, 6.45) is 0. The number of benzene rings is 2. The highest BCUT2D eigenvalue weighted by Crippen LogP contribution is 2.27. The van der Waals surface area contributed by atoms with Gasteiger partial charge >= 0.3 is 0 Å². The zero-order valence-electron chi connectivity index (χ0n) is 9.18. The minimum Gasteiger partial charge on any atom is -0.380 e. The number of anilines is 1. The maximum Gasteiger partial charge on any atom is 0.0497 e. The maximum atomic E-state index is 3.55. The van der Waals surface area contributed by atoms with Crippen molar-refractivity contribution in [2.24, 2.45) is 0 Å². The van der Waals surface area contributed by atoms with Gasteiger partial charge in [-0.1, -0.05) is 6.07 Å². The van der Waals surface area contributed by atoms with Crippen LogP contribution in [0, 0.1) is 3.57 Å². The van der Waals surface area contributed by atoms with Crippen LogP contribution in [0.25, 0.3) is 0 Å². The van der Waals surface area contributed by atoms with Crippen LogP contribution in [-0.4, -0.2) is 0 Å². The monoisotopic (exact) mass is 543 g/mol. The Morgan fingerprint density at radius 1 is 0.889 bits per heavy atom. The lowest BCUT2D eigenvalue weighted by Crippen LogP contribution is -2.00. The Morgan fingerprint density at radius 2 is 1.61 bits per heavy atom. The van der Waals surface area contributed by atoms with Crippen LogP contribution in [0.3, 0.4) is 0 Å². The summed E-state index contributed by atoms with van der Waals surface area (Å²) in [6.45, 7) is 0.796. The van der Waals surface area contributed by atoms with Gasteiger partial charge in [-0.05, 0) is 106 Å². The van der Waals surface area contributed by atoms with Gasteiger partial charge in [-0.15, -0.1) is 0 Å². The van der Waals surface area contributed by atoms with Gasteiger partial charge in [0.2, 0.25) is 0 Å². The average molecular weight is 546 g/mol. The van der Waals surface area contributed by atoms with Crippen molar-refractivity contribution in [3.05, 3.63) is 58.9 Å². The number of rotatable bonds is 3. The first-order valence-corrected chi connectivity index (χ1v) is 8.65. The fraction of sp³-hybridized carbons (Fsp3) is 0.0769. The zero-order valence-corrected chi connectivity index (χ0v) is 16.1. The molecular formula is C13H9Br3IN. The maximum absolute atomic E-state index is 3.55. The van der Waals surface area contributed by atoms with Gasteiger partial charge in [0.1, 0.15) is 0 Å². The van der Waals surface area contributed by atoms with Gasteiger partial charge in [0.15, 0.2) is 0 Å². The Bertz CT molecular complexity index is 572. The summed E-state index contributed by atoms with van der Waals surface area (Å²) in [5, 5.41) is 3.43. The standard InChI is InChI=1S/C13H9Br3IN/c14-10-3-1-8(5-12(10)16)7-18-13-6-9(17)2-4-11(13)15/h1-6,18H,7H2. The molecule has 2 rings (SSSR count). The molecular weight excluding hydrogens is 537 g/mol. The van der Waals surface area contributed by atoms with Crippen molar-refractivity contribution in [2.75, 3.05) is 5.32 Å². The van der Waals surface area contributed by atoms with Crippen molar-refractivity contribution in [1.82, 2.24) is 0 Å². The minimum absolute atomic E-state index is 0.796. The second-order valence-corrected chi connectivity index (χ2v) is 7.53. The quantitative estimate of drug-likeness (QED) is 0.454. The lowest BCUT2D eigenvalue weighted by atomic mass is 10.2. The Hall–Kier alpha value is 0.410. The van der Waals surface area contributed by atoms with Gasteiger partial charge in [0.25, 0.3) is 0 Å². The third-order valence-corrected chi connectivity index (χ3v) is 5.64. The van der Waals surface area contributed by atoms with Crippen LogP contribution in [0.15, 0.2) is 49.8 Å². The lowest BCUT2D eigenvalue weighted by Gasteiger charge is -2.10. The van der Waals surface area contributed by atoms with Crippen LogP contribution in [0.4, 0.5) is 5.69 Å². The van der Waals surface area contributed by atoms with Crippen LogP contribution >= 0.6 is 70.4 Å². The summed E-state index contributed by atoms with van der Waals surface area (Å²) in [4.78, 5) is 0. The minimum atomic E-state index is 0.796. The van der Waals surface area contributed by atoms with E-state index in [2.05, 4.69) is 106 Å². The van der Waals surface area contributed by atoms with Gasteiger partial charge in [0, 0.05) is 29.2 Å². The fourth-order valence-corrected chi connectivity index (χ4v) is 3.03. The topological polar surface area (TPSA) is 12.0 Å². The molecule has 2 aromatic carbocycles. The SMILES string of the molecule is Brc1ccc(CNc2cc(I)ccc2Br)cc1Br. The predicted molar refractivity (Wildman–Crippen MR) is 96.0 cm³/mol. The summed E-state index contributed by atoms with van der Waals surface area (Å²) in [6, 6.07) is 12.5. The van der Waals surface area contributed by atoms with Gasteiger partial charge in [-0.3, -0.25) is 0 Å². The van der Waals surface area contributed by atoms with E-state index in [0.717, 1.165) is 25.7 Å². The molecule has 0 radical (unpaired) electrons. The van der Waals surface area contributed by atoms with Crippen molar-refractivity contribution >= 4 is 76.1 Å². The van der Waals surface area contributed by atoms with Crippen molar-refractivity contribution < 1.29 is 0 Å². The molecule has 0 saturated carbocycles. The third kappa shape index (κ3) is 3.95. The molecule has 0 aliphatic heterocycles. The van der Waals surface area contributed by atoms with Gasteiger partial charge < -0.3 is 5.32 Å². The molecule has 0 aliphatic carbocycles. The smallest absolute Gasteiger partial charge is 0.0497 e. The molecule has 94 valence electrons. The van der Waals surface area contributed by atoms with E-state index < -0.39 is 0 Å². The van der Waals surface area contributed by atoms with E-state index >= 15 is 0 Å². The highest BCUT2D eigenvalue weighted by Gasteiger charge is 2.02. The van der Waals surface area contributed by atoms with Crippen molar-refractivity contribution in [3.8, 4) is 0 Å². The Balaban J connectivity index is 2.11. The first kappa shape index (κ1) is 14.8. The predicted octanol–water partition coefficient (Wildman–Crippen LogP) is 6.19. The Labute approximate surface area is 145 Å². The molecule has 0 aliphatic rings. The molecule has 0 unspecified atom stereocenters. The number of nitrogens with one attached hydrogen (secondary N) is 1. The molecule has 0 spiro atoms. The Morgan fingerprint density at radius 3 is 2.33 bits per heavy atom. The molecule has 0 aromatic heterocycles. The van der Waals surface area contributed by atoms with E-state index in [-0.39, 0.29) is 0 Å². The van der Waals surface area contributed by atoms with Crippen LogP contribution in [0.1, 0.15) is 5.56 Å². The third-order valence-electron chi connectivity index (χ3n) is 2.40. The van der Waals surface area contributed by atoms with Crippen LogP contribution in [0.5, 0.6) is 0 Å². The van der Waals surface area contributed by atoms with E-state index in [1.54, 1.807) is 0 Å². The summed E-state index contributed by atoms with van der Waals surface area (Å²) in [5.74, 6) is 0. The largest absolute Gasteiger partial charge is 0.380 e. The van der Waals surface area contributed by atoms with Gasteiger partial charge in [-0.25, -0.2) is 0 Å². The van der Waals surface area contributed by atoms with Crippen LogP contribution in [-0.2, 0) is 6.54 Å². The highest BCUT2D eigenvalue weighted by atomic mass is 127. The molecule has 0 bridgehead atoms. The summed E-state index contributed by atoms with van der Waals surface area (Å²) < 4.78 is 4.44. The number of hydrogen-bond acceptors (Lipinski definition) is 1. The van der Waals surface area contributed by atoms with Crippen LogP contribution < -0.4 is 5.32 Å². The molecule has 0 saturated heterocycles. The highest BCUT2D eigenvalue weighted by molar-refractivity contribution is 14.1. The second kappa shape index (κ2) is 6.72. The number of halogens is 4. The molecule has 1 N–H and O–H groups in total. The van der Waals surface area contributed by atoms with E-state index in [4.69, 9.17) is 0 Å². The van der Waals surface area contributed by atoms with E-state index in [0.29, 0.717) is 0 Å². The summed E-state index contributed by atoms with van der Waals surface area (Å²) in [5.41, 5.74) is 2.34. The molecule has 0 atom stereocenters. The zero-order chi connectivity index (χ0) is 13.1. The summed E-state index contributed by atoms with van der Waals surface area (Å²) >= 11 is 12.8. The van der Waals surface area contributed by atoms with Gasteiger partial charge in [-0.2, -0.15) is 0 Å². The molecule has 0 heterocycles. The lowest BCUT2D eigenvalue weighted by molar-refractivity contribution is 1.14.